The molecule has 5 amide bonds. The first-order valence-corrected chi connectivity index (χ1v) is 19.8. The Morgan fingerprint density at radius 2 is 1.54 bits per heavy atom. The fourth-order valence-corrected chi connectivity index (χ4v) is 9.05. The predicted molar refractivity (Wildman–Crippen MR) is 209 cm³/mol. The molecule has 4 heterocycles. The number of hydrogen-bond acceptors (Lipinski definition) is 7. The molecule has 0 spiro atoms. The average molecular weight is 735 g/mol. The highest BCUT2D eigenvalue weighted by Gasteiger charge is 2.44. The number of benzene rings is 2. The summed E-state index contributed by atoms with van der Waals surface area (Å²) in [6.07, 6.45) is 2.95. The van der Waals surface area contributed by atoms with E-state index in [0.717, 1.165) is 48.2 Å². The number of nitrogens with zero attached hydrogens (tertiary/aromatic N) is 5. The number of para-hydroxylation sites is 2. The van der Waals surface area contributed by atoms with Crippen molar-refractivity contribution in [2.24, 2.45) is 5.41 Å². The van der Waals surface area contributed by atoms with Crippen molar-refractivity contribution < 1.29 is 25.3 Å². The Labute approximate surface area is 314 Å². The minimum absolute atomic E-state index is 0. The molecule has 0 saturated carbocycles. The lowest BCUT2D eigenvalue weighted by molar-refractivity contribution is -0.137. The molecule has 1 N–H and O–H groups in total. The van der Waals surface area contributed by atoms with Crippen molar-refractivity contribution in [2.45, 2.75) is 95.9 Å². The van der Waals surface area contributed by atoms with E-state index in [9.17, 15) is 19.2 Å². The van der Waals surface area contributed by atoms with Gasteiger partial charge in [-0.2, -0.15) is 0 Å². The second-order valence-electron chi connectivity index (χ2n) is 16.7. The first-order valence-electron chi connectivity index (χ1n) is 18.9. The Balaban J connectivity index is 0.00000541. The minimum atomic E-state index is -0.545. The fraction of sp³-hybridized carbons (Fsp3) is 0.600. The summed E-state index contributed by atoms with van der Waals surface area (Å²) in [5.74, 6) is 0.0211. The van der Waals surface area contributed by atoms with Crippen molar-refractivity contribution in [1.82, 2.24) is 19.6 Å². The number of anilines is 2. The number of likely N-dealkylation sites (tertiary alicyclic amines) is 1. The quantitative estimate of drug-likeness (QED) is 0.332. The number of urea groups is 1. The maximum Gasteiger partial charge on any atom is 0.410 e. The molecule has 4 aliphatic heterocycles. The molecule has 0 bridgehead atoms. The first kappa shape index (κ1) is 37.8. The summed E-state index contributed by atoms with van der Waals surface area (Å²) in [6.45, 7) is 17.0. The molecule has 284 valence electrons. The fourth-order valence-electron chi connectivity index (χ4n) is 7.54. The number of piperidine rings is 1. The Kier molecular flexibility index (Phi) is 11.3. The standard InChI is InChI=1S/C40H56N6O5S.H2/c1-39(2,3)18-22-46-35(48)33(27-34(47)43-19-16-29(17-20-43)45-21-15-28-11-7-9-13-31(28)41-37(45)49)52-36(46)30-12-8-10-14-32(30)42-23-25-44(26-24-42)38(50)51-40(4,5)6;/h7-14,29,33,36H,15-27H2,1-6H3,(H,41,49);1H. The number of nitrogens with one attached hydrogen (secondary N) is 1. The normalized spacial score (nSPS) is 21.9. The van der Waals surface area contributed by atoms with E-state index >= 15 is 0 Å². The summed E-state index contributed by atoms with van der Waals surface area (Å²) in [5, 5.41) is 2.39. The van der Waals surface area contributed by atoms with Crippen LogP contribution in [-0.2, 0) is 20.7 Å². The van der Waals surface area contributed by atoms with Gasteiger partial charge in [-0.15, -0.1) is 11.8 Å². The Morgan fingerprint density at radius 1 is 0.865 bits per heavy atom. The molecule has 2 aromatic carbocycles. The number of hydrogen-bond donors (Lipinski definition) is 1. The molecule has 4 aliphatic rings. The van der Waals surface area contributed by atoms with Crippen LogP contribution in [-0.4, -0.2) is 113 Å². The summed E-state index contributed by atoms with van der Waals surface area (Å²) in [4.78, 5) is 63.7. The summed E-state index contributed by atoms with van der Waals surface area (Å²) in [7, 11) is 0. The zero-order valence-electron chi connectivity index (χ0n) is 31.7. The van der Waals surface area contributed by atoms with Gasteiger partial charge in [0.2, 0.25) is 11.8 Å². The number of piperazine rings is 1. The SMILES string of the molecule is CC(C)(C)CCN1C(=O)C(CC(=O)N2CCC(N3CCc4ccccc4NC3=O)CC2)SC1c1ccccc1N1CCN(C(=O)OC(C)(C)C)CC1.[HH]. The van der Waals surface area contributed by atoms with E-state index in [4.69, 9.17) is 4.74 Å². The Hall–Kier alpha value is -3.93. The highest BCUT2D eigenvalue weighted by Crippen LogP contribution is 2.48. The summed E-state index contributed by atoms with van der Waals surface area (Å²) >= 11 is 1.59. The van der Waals surface area contributed by atoms with Crippen LogP contribution in [0.25, 0.3) is 0 Å². The van der Waals surface area contributed by atoms with Crippen LogP contribution in [0.1, 0.15) is 85.2 Å². The number of rotatable bonds is 7. The molecule has 52 heavy (non-hydrogen) atoms. The Morgan fingerprint density at radius 3 is 2.23 bits per heavy atom. The molecule has 0 aromatic heterocycles. The third-order valence-corrected chi connectivity index (χ3v) is 11.9. The molecule has 0 radical (unpaired) electrons. The van der Waals surface area contributed by atoms with E-state index in [2.05, 4.69) is 49.2 Å². The third-order valence-electron chi connectivity index (χ3n) is 10.5. The summed E-state index contributed by atoms with van der Waals surface area (Å²) in [6, 6.07) is 16.2. The van der Waals surface area contributed by atoms with Gasteiger partial charge >= 0.3 is 12.1 Å². The van der Waals surface area contributed by atoms with Crippen LogP contribution in [0.5, 0.6) is 0 Å². The molecule has 12 heteroatoms. The second-order valence-corrected chi connectivity index (χ2v) is 18.0. The van der Waals surface area contributed by atoms with Gasteiger partial charge in [0.15, 0.2) is 0 Å². The van der Waals surface area contributed by atoms with Gasteiger partial charge in [-0.3, -0.25) is 9.59 Å². The van der Waals surface area contributed by atoms with Crippen LogP contribution in [0.4, 0.5) is 21.0 Å². The lowest BCUT2D eigenvalue weighted by Gasteiger charge is -2.38. The van der Waals surface area contributed by atoms with Crippen LogP contribution < -0.4 is 10.2 Å². The molecule has 3 saturated heterocycles. The molecule has 11 nitrogen and oxygen atoms in total. The topological polar surface area (TPSA) is 106 Å². The summed E-state index contributed by atoms with van der Waals surface area (Å²) < 4.78 is 5.62. The van der Waals surface area contributed by atoms with Gasteiger partial charge in [-0.25, -0.2) is 9.59 Å². The van der Waals surface area contributed by atoms with E-state index in [-0.39, 0.29) is 48.6 Å². The van der Waals surface area contributed by atoms with Gasteiger partial charge in [0, 0.05) is 83.2 Å². The highest BCUT2D eigenvalue weighted by molar-refractivity contribution is 8.01. The van der Waals surface area contributed by atoms with Crippen molar-refractivity contribution in [3.05, 3.63) is 59.7 Å². The molecule has 2 atom stereocenters. The Bertz CT molecular complexity index is 1630. The smallest absolute Gasteiger partial charge is 0.410 e. The molecule has 3 fully saturated rings. The van der Waals surface area contributed by atoms with E-state index in [1.807, 2.05) is 65.8 Å². The molecule has 6 rings (SSSR count). The highest BCUT2D eigenvalue weighted by atomic mass is 32.2. The number of carbonyl (C=O) groups is 4. The zero-order chi connectivity index (χ0) is 37.2. The van der Waals surface area contributed by atoms with Crippen LogP contribution >= 0.6 is 11.8 Å². The van der Waals surface area contributed by atoms with Crippen molar-refractivity contribution >= 4 is 47.1 Å². The van der Waals surface area contributed by atoms with Crippen LogP contribution in [0.3, 0.4) is 0 Å². The van der Waals surface area contributed by atoms with Crippen LogP contribution in [0, 0.1) is 5.41 Å². The molecule has 2 unspecified atom stereocenters. The maximum atomic E-state index is 14.2. The van der Waals surface area contributed by atoms with Gasteiger partial charge in [-0.05, 0) is 69.6 Å². The van der Waals surface area contributed by atoms with Gasteiger partial charge in [-0.1, -0.05) is 57.2 Å². The number of amides is 5. The van der Waals surface area contributed by atoms with Crippen molar-refractivity contribution in [2.75, 3.05) is 62.6 Å². The number of thioether (sulfide) groups is 1. The van der Waals surface area contributed by atoms with Gasteiger partial charge in [0.05, 0.1) is 5.25 Å². The van der Waals surface area contributed by atoms with E-state index in [0.29, 0.717) is 52.4 Å². The third kappa shape index (κ3) is 8.98. The molecular formula is C40H58N6O5S. The largest absolute Gasteiger partial charge is 0.444 e. The van der Waals surface area contributed by atoms with Crippen molar-refractivity contribution in [1.29, 1.82) is 0 Å². The van der Waals surface area contributed by atoms with E-state index < -0.39 is 10.9 Å². The average Bonchev–Trinajstić information content (AvgIpc) is 3.29. The van der Waals surface area contributed by atoms with Crippen LogP contribution in [0.15, 0.2) is 48.5 Å². The molecule has 2 aromatic rings. The monoisotopic (exact) mass is 734 g/mol. The first-order chi connectivity index (χ1) is 24.7. The van der Waals surface area contributed by atoms with Crippen LogP contribution in [0.2, 0.25) is 0 Å². The lowest BCUT2D eigenvalue weighted by atomic mass is 9.92. The van der Waals surface area contributed by atoms with Crippen molar-refractivity contribution in [3.63, 3.8) is 0 Å². The number of fused-ring (bicyclic) bond motifs is 1. The van der Waals surface area contributed by atoms with Crippen molar-refractivity contribution in [3.8, 4) is 0 Å². The van der Waals surface area contributed by atoms with E-state index in [1.54, 1.807) is 16.7 Å². The van der Waals surface area contributed by atoms with Gasteiger partial charge in [0.1, 0.15) is 11.0 Å². The van der Waals surface area contributed by atoms with E-state index in [1.165, 1.54) is 0 Å². The zero-order valence-corrected chi connectivity index (χ0v) is 32.5. The predicted octanol–water partition coefficient (Wildman–Crippen LogP) is 6.84. The molecule has 0 aliphatic carbocycles. The summed E-state index contributed by atoms with van der Waals surface area (Å²) in [5.41, 5.74) is 3.64. The maximum absolute atomic E-state index is 14.2. The number of ether oxygens (including phenoxy) is 1. The van der Waals surface area contributed by atoms with Gasteiger partial charge in [0.25, 0.3) is 0 Å². The number of carbonyl (C=O) groups excluding carboxylic acids is 4. The molecular weight excluding hydrogens is 677 g/mol. The lowest BCUT2D eigenvalue weighted by Crippen LogP contribution is -2.50. The minimum Gasteiger partial charge on any atom is -0.444 e. The second kappa shape index (κ2) is 15.6. The van der Waals surface area contributed by atoms with Gasteiger partial charge < -0.3 is 34.6 Å².